The summed E-state index contributed by atoms with van der Waals surface area (Å²) in [4.78, 5) is 5.01. The van der Waals surface area contributed by atoms with Crippen LogP contribution >= 0.6 is 0 Å². The van der Waals surface area contributed by atoms with Crippen LogP contribution in [0.25, 0.3) is 0 Å². The van der Waals surface area contributed by atoms with Crippen molar-refractivity contribution in [3.63, 3.8) is 0 Å². The predicted molar refractivity (Wildman–Crippen MR) is 66.1 cm³/mol. The number of ether oxygens (including phenoxy) is 2. The molecule has 3 rings (SSSR count). The number of likely N-dealkylation sites (tertiary alicyclic amines) is 1. The van der Waals surface area contributed by atoms with Gasteiger partial charge in [-0.3, -0.25) is 4.90 Å². The van der Waals surface area contributed by atoms with Crippen LogP contribution in [0.15, 0.2) is 0 Å². The molecule has 3 aliphatic rings. The van der Waals surface area contributed by atoms with Gasteiger partial charge >= 0.3 is 0 Å². The van der Waals surface area contributed by atoms with Gasteiger partial charge in [-0.05, 0) is 27.3 Å². The first-order valence-corrected chi connectivity index (χ1v) is 6.86. The van der Waals surface area contributed by atoms with Crippen molar-refractivity contribution < 1.29 is 9.47 Å². The van der Waals surface area contributed by atoms with Gasteiger partial charge < -0.3 is 14.4 Å². The van der Waals surface area contributed by atoms with Gasteiger partial charge in [0, 0.05) is 25.2 Å². The summed E-state index contributed by atoms with van der Waals surface area (Å²) < 4.78 is 11.9. The maximum absolute atomic E-state index is 6.00. The Morgan fingerprint density at radius 2 is 2.00 bits per heavy atom. The van der Waals surface area contributed by atoms with Crippen LogP contribution in [0.3, 0.4) is 0 Å². The van der Waals surface area contributed by atoms with E-state index >= 15 is 0 Å². The lowest BCUT2D eigenvalue weighted by atomic mass is 10.0. The van der Waals surface area contributed by atoms with E-state index in [0.717, 1.165) is 26.3 Å². The predicted octanol–water partition coefficient (Wildman–Crippen LogP) is 0.567. The van der Waals surface area contributed by atoms with Crippen molar-refractivity contribution >= 4 is 0 Å². The van der Waals surface area contributed by atoms with Crippen molar-refractivity contribution in [1.82, 2.24) is 9.80 Å². The third kappa shape index (κ3) is 2.01. The Balaban J connectivity index is 1.76. The minimum atomic E-state index is 0.325. The largest absolute Gasteiger partial charge is 0.375 e. The summed E-state index contributed by atoms with van der Waals surface area (Å²) in [6, 6.07) is 1.69. The highest BCUT2D eigenvalue weighted by atomic mass is 16.5. The molecule has 98 valence electrons. The molecular formula is C13H24N2O2. The zero-order chi connectivity index (χ0) is 12.0. The molecule has 3 aliphatic heterocycles. The van der Waals surface area contributed by atoms with Crippen LogP contribution in [0.4, 0.5) is 0 Å². The second-order valence-electron chi connectivity index (χ2n) is 5.96. The number of likely N-dealkylation sites (N-methyl/N-ethyl adjacent to an activating group) is 1. The number of morpholine rings is 2. The first-order valence-electron chi connectivity index (χ1n) is 6.86. The highest BCUT2D eigenvalue weighted by molar-refractivity contribution is 5.04. The summed E-state index contributed by atoms with van der Waals surface area (Å²) in [7, 11) is 2.18. The van der Waals surface area contributed by atoms with Crippen LogP contribution in [-0.2, 0) is 9.47 Å². The Morgan fingerprint density at radius 3 is 2.71 bits per heavy atom. The number of hydrogen-bond acceptors (Lipinski definition) is 4. The molecule has 2 unspecified atom stereocenters. The molecule has 3 heterocycles. The Morgan fingerprint density at radius 1 is 1.18 bits per heavy atom. The molecule has 0 spiro atoms. The highest BCUT2D eigenvalue weighted by Crippen LogP contribution is 2.38. The quantitative estimate of drug-likeness (QED) is 0.704. The summed E-state index contributed by atoms with van der Waals surface area (Å²) in [6.45, 7) is 8.46. The average molecular weight is 240 g/mol. The smallest absolute Gasteiger partial charge is 0.0882 e. The fraction of sp³-hybridized carbons (Fsp3) is 1.00. The molecule has 0 aromatic heterocycles. The first kappa shape index (κ1) is 11.9. The molecule has 2 bridgehead atoms. The fourth-order valence-electron chi connectivity index (χ4n) is 3.74. The molecule has 4 heteroatoms. The average Bonchev–Trinajstić information content (AvgIpc) is 2.88. The van der Waals surface area contributed by atoms with Crippen molar-refractivity contribution in [2.24, 2.45) is 0 Å². The zero-order valence-electron chi connectivity index (χ0n) is 11.1. The van der Waals surface area contributed by atoms with E-state index in [2.05, 4.69) is 30.7 Å². The van der Waals surface area contributed by atoms with E-state index in [1.165, 1.54) is 6.42 Å². The van der Waals surface area contributed by atoms with Gasteiger partial charge in [0.1, 0.15) is 0 Å². The third-order valence-corrected chi connectivity index (χ3v) is 4.43. The Labute approximate surface area is 104 Å². The lowest BCUT2D eigenvalue weighted by Crippen LogP contribution is -2.59. The van der Waals surface area contributed by atoms with Crippen molar-refractivity contribution in [1.29, 1.82) is 0 Å². The lowest BCUT2D eigenvalue weighted by Gasteiger charge is -2.44. The monoisotopic (exact) mass is 240 g/mol. The SMILES string of the molecule is CC(C)N1C(C2CN(C)CCO2)[C@H]2C[C@@H]1CO2. The number of nitrogens with zero attached hydrogens (tertiary/aromatic N) is 2. The van der Waals surface area contributed by atoms with Gasteiger partial charge in [0.2, 0.25) is 0 Å². The van der Waals surface area contributed by atoms with E-state index < -0.39 is 0 Å². The maximum Gasteiger partial charge on any atom is 0.0882 e. The molecule has 0 amide bonds. The van der Waals surface area contributed by atoms with Crippen molar-refractivity contribution in [3.05, 3.63) is 0 Å². The maximum atomic E-state index is 6.00. The third-order valence-electron chi connectivity index (χ3n) is 4.43. The topological polar surface area (TPSA) is 24.9 Å². The number of fused-ring (bicyclic) bond motifs is 2. The van der Waals surface area contributed by atoms with E-state index in [1.807, 2.05) is 0 Å². The molecule has 3 fully saturated rings. The van der Waals surface area contributed by atoms with Gasteiger partial charge in [-0.1, -0.05) is 0 Å². The van der Waals surface area contributed by atoms with Crippen LogP contribution in [0.2, 0.25) is 0 Å². The minimum Gasteiger partial charge on any atom is -0.375 e. The molecule has 0 N–H and O–H groups in total. The molecule has 17 heavy (non-hydrogen) atoms. The molecule has 0 aromatic carbocycles. The Bertz CT molecular complexity index is 285. The summed E-state index contributed by atoms with van der Waals surface area (Å²) in [5.74, 6) is 0. The molecule has 4 atom stereocenters. The molecule has 0 saturated carbocycles. The van der Waals surface area contributed by atoms with Crippen molar-refractivity contribution in [2.75, 3.05) is 33.4 Å². The van der Waals surface area contributed by atoms with Gasteiger partial charge in [-0.2, -0.15) is 0 Å². The Hall–Kier alpha value is -0.160. The van der Waals surface area contributed by atoms with Gasteiger partial charge in [0.05, 0.1) is 31.5 Å². The van der Waals surface area contributed by atoms with E-state index in [-0.39, 0.29) is 0 Å². The Kier molecular flexibility index (Phi) is 3.15. The molecule has 3 saturated heterocycles. The van der Waals surface area contributed by atoms with Crippen molar-refractivity contribution in [2.45, 2.75) is 50.6 Å². The van der Waals surface area contributed by atoms with E-state index in [9.17, 15) is 0 Å². The van der Waals surface area contributed by atoms with E-state index in [1.54, 1.807) is 0 Å². The van der Waals surface area contributed by atoms with Gasteiger partial charge in [0.15, 0.2) is 0 Å². The molecule has 4 nitrogen and oxygen atoms in total. The molecule has 0 aliphatic carbocycles. The highest BCUT2D eigenvalue weighted by Gasteiger charge is 2.51. The van der Waals surface area contributed by atoms with Gasteiger partial charge in [-0.25, -0.2) is 0 Å². The summed E-state index contributed by atoms with van der Waals surface area (Å²) >= 11 is 0. The van der Waals surface area contributed by atoms with Crippen LogP contribution < -0.4 is 0 Å². The second-order valence-corrected chi connectivity index (χ2v) is 5.96. The van der Waals surface area contributed by atoms with Gasteiger partial charge in [0.25, 0.3) is 0 Å². The zero-order valence-corrected chi connectivity index (χ0v) is 11.1. The minimum absolute atomic E-state index is 0.325. The molecule has 0 aromatic rings. The van der Waals surface area contributed by atoms with Crippen molar-refractivity contribution in [3.8, 4) is 0 Å². The standard InChI is InChI=1S/C13H24N2O2/c1-9(2)15-10-6-11(17-8-10)13(15)12-7-14(3)4-5-16-12/h9-13H,4-8H2,1-3H3/t10-,11-,12?,13?/m1/s1. The van der Waals surface area contributed by atoms with Crippen LogP contribution in [0, 0.1) is 0 Å². The normalized spacial score (nSPS) is 43.8. The summed E-state index contributed by atoms with van der Waals surface area (Å²) in [5, 5.41) is 0. The molecule has 0 radical (unpaired) electrons. The number of rotatable bonds is 2. The second kappa shape index (κ2) is 4.50. The first-order chi connectivity index (χ1) is 8.16. The lowest BCUT2D eigenvalue weighted by molar-refractivity contribution is -0.121. The van der Waals surface area contributed by atoms with Gasteiger partial charge in [-0.15, -0.1) is 0 Å². The van der Waals surface area contributed by atoms with E-state index in [4.69, 9.17) is 9.47 Å². The van der Waals surface area contributed by atoms with Crippen LogP contribution in [0.5, 0.6) is 0 Å². The summed E-state index contributed by atoms with van der Waals surface area (Å²) in [6.07, 6.45) is 1.93. The number of hydrogen-bond donors (Lipinski definition) is 0. The van der Waals surface area contributed by atoms with Crippen LogP contribution in [-0.4, -0.2) is 73.5 Å². The summed E-state index contributed by atoms with van der Waals surface area (Å²) in [5.41, 5.74) is 0. The van der Waals surface area contributed by atoms with E-state index in [0.29, 0.717) is 30.3 Å². The molecular weight excluding hydrogens is 216 g/mol. The van der Waals surface area contributed by atoms with Crippen LogP contribution in [0.1, 0.15) is 20.3 Å². The fourth-order valence-corrected chi connectivity index (χ4v) is 3.74.